The molecule has 0 spiro atoms. The van der Waals surface area contributed by atoms with E-state index >= 15 is 0 Å². The van der Waals surface area contributed by atoms with Crippen LogP contribution in [0.1, 0.15) is 73.1 Å². The lowest BCUT2D eigenvalue weighted by molar-refractivity contribution is 0.315. The van der Waals surface area contributed by atoms with Gasteiger partial charge in [0, 0.05) is 0 Å². The maximum absolute atomic E-state index is 4.36. The Balaban J connectivity index is 2.33. The van der Waals surface area contributed by atoms with Crippen molar-refractivity contribution in [3.05, 3.63) is 23.8 Å². The summed E-state index contributed by atoms with van der Waals surface area (Å²) in [7, 11) is 0. The monoisotopic (exact) mass is 262 g/mol. The second-order valence-electron chi connectivity index (χ2n) is 7.12. The number of rotatable bonds is 8. The van der Waals surface area contributed by atoms with Crippen LogP contribution >= 0.6 is 0 Å². The van der Waals surface area contributed by atoms with Crippen molar-refractivity contribution in [1.29, 1.82) is 0 Å². The van der Waals surface area contributed by atoms with E-state index in [1.165, 1.54) is 44.1 Å². The van der Waals surface area contributed by atoms with Gasteiger partial charge in [-0.2, -0.15) is 0 Å². The van der Waals surface area contributed by atoms with Crippen LogP contribution in [0.5, 0.6) is 0 Å². The maximum atomic E-state index is 4.36. The number of allylic oxidation sites excluding steroid dienone is 3. The lowest BCUT2D eigenvalue weighted by atomic mass is 9.80. The highest BCUT2D eigenvalue weighted by molar-refractivity contribution is 5.08. The average molecular weight is 262 g/mol. The highest BCUT2D eigenvalue weighted by atomic mass is 14.3. The van der Waals surface area contributed by atoms with Gasteiger partial charge in [0.15, 0.2) is 0 Å². The normalized spacial score (nSPS) is 23.8. The molecule has 4 atom stereocenters. The molecule has 0 fully saturated rings. The summed E-state index contributed by atoms with van der Waals surface area (Å²) in [6.07, 6.45) is 10.3. The van der Waals surface area contributed by atoms with Gasteiger partial charge < -0.3 is 0 Å². The smallest absolute Gasteiger partial charge is 0.0232 e. The Bertz CT molecular complexity index is 310. The third-order valence-electron chi connectivity index (χ3n) is 4.97. The molecule has 0 aromatic rings. The van der Waals surface area contributed by atoms with Gasteiger partial charge in [0.2, 0.25) is 0 Å². The van der Waals surface area contributed by atoms with E-state index in [0.717, 1.165) is 17.8 Å². The first-order chi connectivity index (χ1) is 8.93. The van der Waals surface area contributed by atoms with Crippen LogP contribution in [0.25, 0.3) is 0 Å². The second kappa shape index (κ2) is 7.92. The molecule has 0 aromatic heterocycles. The predicted molar refractivity (Wildman–Crippen MR) is 87.3 cm³/mol. The van der Waals surface area contributed by atoms with Gasteiger partial charge in [0.05, 0.1) is 0 Å². The van der Waals surface area contributed by atoms with Crippen LogP contribution in [-0.4, -0.2) is 0 Å². The van der Waals surface area contributed by atoms with Gasteiger partial charge in [-0.25, -0.2) is 0 Å². The van der Waals surface area contributed by atoms with Crippen LogP contribution in [0.4, 0.5) is 0 Å². The molecule has 0 radical (unpaired) electrons. The predicted octanol–water partition coefficient (Wildman–Crippen LogP) is 6.39. The summed E-state index contributed by atoms with van der Waals surface area (Å²) in [5.74, 6) is 3.23. The molecule has 19 heavy (non-hydrogen) atoms. The fourth-order valence-corrected chi connectivity index (χ4v) is 3.53. The molecule has 0 aromatic carbocycles. The topological polar surface area (TPSA) is 0 Å². The molecule has 0 N–H and O–H groups in total. The van der Waals surface area contributed by atoms with Gasteiger partial charge in [0.25, 0.3) is 0 Å². The SMILES string of the molecule is C=C(CC(C)CCC)C(C)CC(C)C1CC=C(C)C1. The first kappa shape index (κ1) is 16.5. The Kier molecular flexibility index (Phi) is 6.89. The quantitative estimate of drug-likeness (QED) is 0.445. The molecule has 0 nitrogen and oxygen atoms in total. The van der Waals surface area contributed by atoms with E-state index in [2.05, 4.69) is 47.3 Å². The summed E-state index contributed by atoms with van der Waals surface area (Å²) >= 11 is 0. The first-order valence-corrected chi connectivity index (χ1v) is 8.27. The van der Waals surface area contributed by atoms with E-state index < -0.39 is 0 Å². The molecule has 0 heteroatoms. The maximum Gasteiger partial charge on any atom is -0.0232 e. The van der Waals surface area contributed by atoms with Crippen molar-refractivity contribution in [2.24, 2.45) is 23.7 Å². The van der Waals surface area contributed by atoms with Crippen molar-refractivity contribution in [2.45, 2.75) is 73.1 Å². The van der Waals surface area contributed by atoms with E-state index in [-0.39, 0.29) is 0 Å². The minimum atomic E-state index is 0.690. The fourth-order valence-electron chi connectivity index (χ4n) is 3.53. The van der Waals surface area contributed by atoms with E-state index in [4.69, 9.17) is 0 Å². The third kappa shape index (κ3) is 5.55. The standard InChI is InChI=1S/C19H34/c1-7-8-14(2)11-16(4)17(5)13-18(6)19-10-9-15(3)12-19/h9,14,17-19H,4,7-8,10-13H2,1-3,5-6H3. The Morgan fingerprint density at radius 1 is 1.37 bits per heavy atom. The molecule has 0 amide bonds. The van der Waals surface area contributed by atoms with Crippen molar-refractivity contribution in [2.75, 3.05) is 0 Å². The van der Waals surface area contributed by atoms with Crippen LogP contribution in [0.15, 0.2) is 23.8 Å². The zero-order chi connectivity index (χ0) is 14.4. The number of hydrogen-bond acceptors (Lipinski definition) is 0. The Labute approximate surface area is 121 Å². The van der Waals surface area contributed by atoms with Gasteiger partial charge in [-0.3, -0.25) is 0 Å². The Morgan fingerprint density at radius 3 is 2.58 bits per heavy atom. The molecule has 1 aliphatic rings. The van der Waals surface area contributed by atoms with Crippen LogP contribution < -0.4 is 0 Å². The highest BCUT2D eigenvalue weighted by Gasteiger charge is 2.23. The Hall–Kier alpha value is -0.520. The van der Waals surface area contributed by atoms with Crippen molar-refractivity contribution in [3.8, 4) is 0 Å². The van der Waals surface area contributed by atoms with E-state index in [1.807, 2.05) is 0 Å². The molecule has 110 valence electrons. The second-order valence-corrected chi connectivity index (χ2v) is 7.12. The Morgan fingerprint density at radius 2 is 2.05 bits per heavy atom. The molecule has 0 heterocycles. The van der Waals surface area contributed by atoms with Gasteiger partial charge in [-0.05, 0) is 56.3 Å². The molecule has 0 saturated carbocycles. The van der Waals surface area contributed by atoms with E-state index in [0.29, 0.717) is 5.92 Å². The molecule has 0 saturated heterocycles. The van der Waals surface area contributed by atoms with Gasteiger partial charge in [-0.1, -0.05) is 64.3 Å². The molecule has 4 unspecified atom stereocenters. The summed E-state index contributed by atoms with van der Waals surface area (Å²) in [6, 6.07) is 0. The van der Waals surface area contributed by atoms with Crippen LogP contribution in [0.2, 0.25) is 0 Å². The minimum absolute atomic E-state index is 0.690. The van der Waals surface area contributed by atoms with Crippen molar-refractivity contribution in [3.63, 3.8) is 0 Å². The van der Waals surface area contributed by atoms with E-state index in [1.54, 1.807) is 5.57 Å². The summed E-state index contributed by atoms with van der Waals surface area (Å²) in [5, 5.41) is 0. The fraction of sp³-hybridized carbons (Fsp3) is 0.789. The van der Waals surface area contributed by atoms with Crippen molar-refractivity contribution < 1.29 is 0 Å². The largest absolute Gasteiger partial charge is 0.0996 e. The van der Waals surface area contributed by atoms with Crippen molar-refractivity contribution in [1.82, 2.24) is 0 Å². The molecular formula is C19H34. The molecular weight excluding hydrogens is 228 g/mol. The molecule has 0 bridgehead atoms. The van der Waals surface area contributed by atoms with E-state index in [9.17, 15) is 0 Å². The lowest BCUT2D eigenvalue weighted by Gasteiger charge is -2.25. The zero-order valence-corrected chi connectivity index (χ0v) is 13.8. The lowest BCUT2D eigenvalue weighted by Crippen LogP contribution is -2.14. The average Bonchev–Trinajstić information content (AvgIpc) is 2.76. The molecule has 1 rings (SSSR count). The highest BCUT2D eigenvalue weighted by Crippen LogP contribution is 2.35. The third-order valence-corrected chi connectivity index (χ3v) is 4.97. The van der Waals surface area contributed by atoms with Crippen LogP contribution in [-0.2, 0) is 0 Å². The number of hydrogen-bond donors (Lipinski definition) is 0. The molecule has 0 aliphatic heterocycles. The van der Waals surface area contributed by atoms with Gasteiger partial charge in [-0.15, -0.1) is 0 Å². The summed E-state index contributed by atoms with van der Waals surface area (Å²) in [5.41, 5.74) is 3.08. The first-order valence-electron chi connectivity index (χ1n) is 8.27. The summed E-state index contributed by atoms with van der Waals surface area (Å²) in [4.78, 5) is 0. The van der Waals surface area contributed by atoms with Gasteiger partial charge >= 0.3 is 0 Å². The minimum Gasteiger partial charge on any atom is -0.0996 e. The van der Waals surface area contributed by atoms with Crippen LogP contribution in [0.3, 0.4) is 0 Å². The van der Waals surface area contributed by atoms with Crippen molar-refractivity contribution >= 4 is 0 Å². The van der Waals surface area contributed by atoms with Gasteiger partial charge in [0.1, 0.15) is 0 Å². The molecule has 1 aliphatic carbocycles. The summed E-state index contributed by atoms with van der Waals surface area (Å²) < 4.78 is 0. The summed E-state index contributed by atoms with van der Waals surface area (Å²) in [6.45, 7) is 16.1. The zero-order valence-electron chi connectivity index (χ0n) is 13.8. The van der Waals surface area contributed by atoms with Crippen LogP contribution in [0, 0.1) is 23.7 Å².